The van der Waals surface area contributed by atoms with Crippen LogP contribution in [-0.2, 0) is 14.4 Å². The van der Waals surface area contributed by atoms with Crippen molar-refractivity contribution in [3.63, 3.8) is 0 Å². The fourth-order valence-electron chi connectivity index (χ4n) is 5.28. The zero-order chi connectivity index (χ0) is 27.6. The van der Waals surface area contributed by atoms with Crippen LogP contribution in [0.4, 0.5) is 4.79 Å². The number of hydrogen-bond acceptors (Lipinski definition) is 6. The van der Waals surface area contributed by atoms with Crippen LogP contribution in [0.2, 0.25) is 0 Å². The van der Waals surface area contributed by atoms with Gasteiger partial charge in [-0.25, -0.2) is 9.59 Å². The van der Waals surface area contributed by atoms with Crippen LogP contribution in [0.5, 0.6) is 0 Å². The number of nitrogens with one attached hydrogen (secondary N) is 1. The lowest BCUT2D eigenvalue weighted by Gasteiger charge is -2.21. The molecular formula is C32H24N2O6. The fourth-order valence-corrected chi connectivity index (χ4v) is 5.28. The van der Waals surface area contributed by atoms with Crippen molar-refractivity contribution in [3.05, 3.63) is 131 Å². The molecule has 4 aromatic carbocycles. The van der Waals surface area contributed by atoms with Gasteiger partial charge in [0, 0.05) is 5.92 Å². The summed E-state index contributed by atoms with van der Waals surface area (Å²) in [5.74, 6) is -2.40. The first-order valence-corrected chi connectivity index (χ1v) is 12.9. The van der Waals surface area contributed by atoms with Crippen molar-refractivity contribution in [2.24, 2.45) is 0 Å². The second-order valence-electron chi connectivity index (χ2n) is 9.55. The standard InChI is InChI=1S/C32H24N2O6/c35-29(40-34-30(36)25-16-8-9-17-26(25)31(34)37)18-28(20-10-2-1-3-11-20)33-32(38)39-19-27-23-14-6-4-12-21(23)22-13-5-7-15-24(22)27/h1-17,27-28H,18-19H2,(H,33,38). The number of amides is 3. The fraction of sp³-hybridized carbons (Fsp3) is 0.125. The van der Waals surface area contributed by atoms with Gasteiger partial charge in [-0.15, -0.1) is 0 Å². The molecule has 0 fully saturated rings. The highest BCUT2D eigenvalue weighted by atomic mass is 16.7. The van der Waals surface area contributed by atoms with Crippen LogP contribution in [0.3, 0.4) is 0 Å². The van der Waals surface area contributed by atoms with Crippen LogP contribution >= 0.6 is 0 Å². The van der Waals surface area contributed by atoms with E-state index in [1.54, 1.807) is 36.4 Å². The van der Waals surface area contributed by atoms with Crippen LogP contribution < -0.4 is 5.32 Å². The summed E-state index contributed by atoms with van der Waals surface area (Å²) in [7, 11) is 0. The number of alkyl carbamates (subject to hydrolysis) is 1. The highest BCUT2D eigenvalue weighted by Crippen LogP contribution is 2.44. The highest BCUT2D eigenvalue weighted by Gasteiger charge is 2.39. The molecule has 0 radical (unpaired) electrons. The first-order valence-electron chi connectivity index (χ1n) is 12.9. The number of carbonyl (C=O) groups excluding carboxylic acids is 4. The number of imide groups is 1. The Morgan fingerprint density at radius 1 is 0.700 bits per heavy atom. The van der Waals surface area contributed by atoms with Gasteiger partial charge in [0.15, 0.2) is 0 Å². The van der Waals surface area contributed by atoms with E-state index in [2.05, 4.69) is 17.4 Å². The zero-order valence-corrected chi connectivity index (χ0v) is 21.3. The van der Waals surface area contributed by atoms with Gasteiger partial charge in [0.1, 0.15) is 6.61 Å². The number of nitrogens with zero attached hydrogens (tertiary/aromatic N) is 1. The lowest BCUT2D eigenvalue weighted by molar-refractivity contribution is -0.169. The molecule has 0 saturated carbocycles. The average Bonchev–Trinajstić information content (AvgIpc) is 3.43. The zero-order valence-electron chi connectivity index (χ0n) is 21.3. The van der Waals surface area contributed by atoms with Crippen LogP contribution in [0, 0.1) is 0 Å². The first-order chi connectivity index (χ1) is 19.5. The minimum atomic E-state index is -0.859. The Hall–Kier alpha value is -5.24. The van der Waals surface area contributed by atoms with E-state index in [0.29, 0.717) is 10.6 Å². The summed E-state index contributed by atoms with van der Waals surface area (Å²) in [4.78, 5) is 56.2. The Labute approximate surface area is 230 Å². The second-order valence-corrected chi connectivity index (χ2v) is 9.55. The summed E-state index contributed by atoms with van der Waals surface area (Å²) in [6.45, 7) is 0.112. The Morgan fingerprint density at radius 3 is 1.77 bits per heavy atom. The third-order valence-electron chi connectivity index (χ3n) is 7.16. The van der Waals surface area contributed by atoms with Gasteiger partial charge in [-0.3, -0.25) is 9.59 Å². The molecule has 8 heteroatoms. The summed E-state index contributed by atoms with van der Waals surface area (Å²) in [6, 6.07) is 30.3. The molecule has 1 N–H and O–H groups in total. The Bertz CT molecular complexity index is 1550. The van der Waals surface area contributed by atoms with E-state index in [-0.39, 0.29) is 30.1 Å². The maximum absolute atomic E-state index is 13.0. The van der Waals surface area contributed by atoms with Crippen molar-refractivity contribution in [2.75, 3.05) is 6.61 Å². The van der Waals surface area contributed by atoms with Crippen LogP contribution in [0.1, 0.15) is 55.8 Å². The number of ether oxygens (including phenoxy) is 1. The monoisotopic (exact) mass is 532 g/mol. The van der Waals surface area contributed by atoms with Crippen LogP contribution in [0.15, 0.2) is 103 Å². The summed E-state index contributed by atoms with van der Waals surface area (Å²) in [5, 5.41) is 3.21. The molecule has 0 saturated heterocycles. The maximum atomic E-state index is 13.0. The minimum Gasteiger partial charge on any atom is -0.449 e. The SMILES string of the molecule is O=C(CC(NC(=O)OCC1c2ccccc2-c2ccccc21)c1ccccc1)ON1C(=O)c2ccccc2C1=O. The molecule has 40 heavy (non-hydrogen) atoms. The molecule has 1 heterocycles. The van der Waals surface area contributed by atoms with Crippen molar-refractivity contribution >= 4 is 23.9 Å². The molecule has 1 unspecified atom stereocenters. The molecule has 0 spiro atoms. The Kier molecular flexibility index (Phi) is 6.57. The highest BCUT2D eigenvalue weighted by molar-refractivity contribution is 6.20. The predicted octanol–water partition coefficient (Wildman–Crippen LogP) is 5.41. The number of fused-ring (bicyclic) bond motifs is 4. The van der Waals surface area contributed by atoms with Gasteiger partial charge in [-0.1, -0.05) is 96.1 Å². The lowest BCUT2D eigenvalue weighted by atomic mass is 9.98. The van der Waals surface area contributed by atoms with E-state index in [1.165, 1.54) is 12.1 Å². The predicted molar refractivity (Wildman–Crippen MR) is 145 cm³/mol. The largest absolute Gasteiger partial charge is 0.449 e. The van der Waals surface area contributed by atoms with Gasteiger partial charge < -0.3 is 14.9 Å². The van der Waals surface area contributed by atoms with E-state index in [4.69, 9.17) is 9.57 Å². The summed E-state index contributed by atoms with van der Waals surface area (Å²) in [6.07, 6.45) is -1.04. The summed E-state index contributed by atoms with van der Waals surface area (Å²) >= 11 is 0. The molecule has 198 valence electrons. The van der Waals surface area contributed by atoms with Gasteiger partial charge in [0.25, 0.3) is 11.8 Å². The normalized spacial score (nSPS) is 14.2. The number of carbonyl (C=O) groups is 4. The smallest absolute Gasteiger partial charge is 0.407 e. The topological polar surface area (TPSA) is 102 Å². The van der Waals surface area contributed by atoms with Gasteiger partial charge in [0.2, 0.25) is 0 Å². The molecule has 0 aromatic heterocycles. The van der Waals surface area contributed by atoms with Crippen molar-refractivity contribution in [1.82, 2.24) is 10.4 Å². The quantitative estimate of drug-likeness (QED) is 0.319. The second kappa shape index (κ2) is 10.5. The van der Waals surface area contributed by atoms with Gasteiger partial charge in [-0.2, -0.15) is 0 Å². The van der Waals surface area contributed by atoms with Crippen molar-refractivity contribution in [1.29, 1.82) is 0 Å². The summed E-state index contributed by atoms with van der Waals surface area (Å²) in [5.41, 5.74) is 5.36. The van der Waals surface area contributed by atoms with E-state index in [0.717, 1.165) is 22.3 Å². The van der Waals surface area contributed by atoms with Crippen LogP contribution in [0.25, 0.3) is 11.1 Å². The molecule has 1 atom stereocenters. The van der Waals surface area contributed by atoms with Crippen molar-refractivity contribution < 1.29 is 28.8 Å². The van der Waals surface area contributed by atoms with Gasteiger partial charge in [-0.05, 0) is 39.9 Å². The first kappa shape index (κ1) is 25.1. The van der Waals surface area contributed by atoms with Crippen LogP contribution in [-0.4, -0.2) is 35.5 Å². The van der Waals surface area contributed by atoms with Crippen molar-refractivity contribution in [2.45, 2.75) is 18.4 Å². The molecular weight excluding hydrogens is 508 g/mol. The maximum Gasteiger partial charge on any atom is 0.407 e. The molecule has 6 rings (SSSR count). The molecule has 3 amide bonds. The average molecular weight is 533 g/mol. The minimum absolute atomic E-state index is 0.112. The van der Waals surface area contributed by atoms with Gasteiger partial charge in [0.05, 0.1) is 23.6 Å². The Balaban J connectivity index is 1.14. The third-order valence-corrected chi connectivity index (χ3v) is 7.16. The van der Waals surface area contributed by atoms with E-state index in [1.807, 2.05) is 42.5 Å². The molecule has 8 nitrogen and oxygen atoms in total. The molecule has 4 aromatic rings. The number of rotatable bonds is 7. The van der Waals surface area contributed by atoms with E-state index < -0.39 is 29.9 Å². The third kappa shape index (κ3) is 4.60. The Morgan fingerprint density at radius 2 is 1.20 bits per heavy atom. The summed E-state index contributed by atoms with van der Waals surface area (Å²) < 4.78 is 5.66. The molecule has 0 bridgehead atoms. The molecule has 1 aliphatic heterocycles. The van der Waals surface area contributed by atoms with Gasteiger partial charge >= 0.3 is 12.1 Å². The van der Waals surface area contributed by atoms with Crippen molar-refractivity contribution in [3.8, 4) is 11.1 Å². The lowest BCUT2D eigenvalue weighted by Crippen LogP contribution is -2.36. The number of hydroxylamine groups is 2. The van der Waals surface area contributed by atoms with E-state index >= 15 is 0 Å². The number of benzene rings is 4. The van der Waals surface area contributed by atoms with E-state index in [9.17, 15) is 19.2 Å². The number of hydrogen-bond donors (Lipinski definition) is 1. The molecule has 1 aliphatic carbocycles. The molecule has 2 aliphatic rings.